The summed E-state index contributed by atoms with van der Waals surface area (Å²) in [6.07, 6.45) is 2.09. The molecule has 7 nitrogen and oxygen atoms in total. The number of aromatic nitrogens is 2. The number of hydrogen-bond acceptors (Lipinski definition) is 3. The Labute approximate surface area is 180 Å². The number of nitrogens with one attached hydrogen (secondary N) is 1. The highest BCUT2D eigenvalue weighted by Gasteiger charge is 2.21. The van der Waals surface area contributed by atoms with Gasteiger partial charge in [-0.15, -0.1) is 0 Å². The minimum atomic E-state index is -0.366. The molecule has 1 fully saturated rings. The van der Waals surface area contributed by atoms with Crippen molar-refractivity contribution in [1.29, 1.82) is 0 Å². The van der Waals surface area contributed by atoms with Crippen molar-refractivity contribution in [2.75, 3.05) is 25.5 Å². The van der Waals surface area contributed by atoms with E-state index in [-0.39, 0.29) is 24.3 Å². The highest BCUT2D eigenvalue weighted by atomic mass is 19.1. The number of urea groups is 1. The van der Waals surface area contributed by atoms with Crippen LogP contribution in [0.3, 0.4) is 0 Å². The van der Waals surface area contributed by atoms with Crippen LogP contribution in [0.5, 0.6) is 0 Å². The predicted molar refractivity (Wildman–Crippen MR) is 117 cm³/mol. The monoisotopic (exact) mass is 423 g/mol. The second kappa shape index (κ2) is 8.37. The fourth-order valence-electron chi connectivity index (χ4n) is 3.80. The molecule has 2 aromatic carbocycles. The third-order valence-electron chi connectivity index (χ3n) is 5.76. The van der Waals surface area contributed by atoms with E-state index in [4.69, 9.17) is 0 Å². The number of anilines is 1. The Morgan fingerprint density at radius 1 is 1.16 bits per heavy atom. The van der Waals surface area contributed by atoms with Gasteiger partial charge in [-0.1, -0.05) is 6.07 Å². The summed E-state index contributed by atoms with van der Waals surface area (Å²) in [4.78, 5) is 33.2. The average Bonchev–Trinajstić information content (AvgIpc) is 3.39. The Balaban J connectivity index is 1.49. The summed E-state index contributed by atoms with van der Waals surface area (Å²) in [6.45, 7) is 3.54. The number of carbonyl (C=O) groups excluding carboxylic acids is 2. The maximum atomic E-state index is 13.7. The summed E-state index contributed by atoms with van der Waals surface area (Å²) in [7, 11) is 3.54. The van der Waals surface area contributed by atoms with Gasteiger partial charge in [0.25, 0.3) is 5.91 Å². The first-order valence-electron chi connectivity index (χ1n) is 10.4. The number of hydrogen-bond donors (Lipinski definition) is 1. The van der Waals surface area contributed by atoms with Crippen molar-refractivity contribution in [3.8, 4) is 0 Å². The van der Waals surface area contributed by atoms with Crippen LogP contribution in [0.15, 0.2) is 36.4 Å². The minimum absolute atomic E-state index is 0.0356. The second-order valence-electron chi connectivity index (χ2n) is 8.04. The second-order valence-corrected chi connectivity index (χ2v) is 8.04. The van der Waals surface area contributed by atoms with Crippen molar-refractivity contribution in [1.82, 2.24) is 19.4 Å². The van der Waals surface area contributed by atoms with Gasteiger partial charge in [-0.05, 0) is 55.7 Å². The quantitative estimate of drug-likeness (QED) is 0.691. The zero-order valence-electron chi connectivity index (χ0n) is 18.0. The van der Waals surface area contributed by atoms with Crippen LogP contribution in [-0.4, -0.2) is 51.4 Å². The van der Waals surface area contributed by atoms with E-state index in [2.05, 4.69) is 10.3 Å². The number of aryl methyl sites for hydroxylation is 2. The highest BCUT2D eigenvalue weighted by molar-refractivity contribution is 5.97. The molecule has 0 saturated carbocycles. The van der Waals surface area contributed by atoms with Crippen LogP contribution in [-0.2, 0) is 13.6 Å². The fraction of sp³-hybridized carbons (Fsp3) is 0.348. The highest BCUT2D eigenvalue weighted by Crippen LogP contribution is 2.21. The summed E-state index contributed by atoms with van der Waals surface area (Å²) in [5.74, 6) is 0.358. The molecular formula is C23H26FN5O2. The molecule has 1 aliphatic rings. The van der Waals surface area contributed by atoms with E-state index >= 15 is 0 Å². The maximum Gasteiger partial charge on any atom is 0.321 e. The SMILES string of the molecule is Cc1ccc(NC(=O)N(C)Cc2nc3cc(C(=O)N4CCCC4)ccc3n2C)cc1F. The van der Waals surface area contributed by atoms with Gasteiger partial charge >= 0.3 is 6.03 Å². The first-order chi connectivity index (χ1) is 14.8. The molecule has 0 radical (unpaired) electrons. The number of nitrogens with zero attached hydrogens (tertiary/aromatic N) is 4. The molecule has 0 spiro atoms. The van der Waals surface area contributed by atoms with E-state index in [0.29, 0.717) is 22.6 Å². The van der Waals surface area contributed by atoms with Crippen LogP contribution in [0.25, 0.3) is 11.0 Å². The van der Waals surface area contributed by atoms with Crippen LogP contribution >= 0.6 is 0 Å². The molecule has 1 N–H and O–H groups in total. The van der Waals surface area contributed by atoms with Gasteiger partial charge in [0.15, 0.2) is 0 Å². The van der Waals surface area contributed by atoms with E-state index < -0.39 is 0 Å². The molecule has 8 heteroatoms. The maximum absolute atomic E-state index is 13.7. The molecule has 2 heterocycles. The molecule has 3 amide bonds. The van der Waals surface area contributed by atoms with E-state index in [1.165, 1.54) is 11.0 Å². The molecule has 1 saturated heterocycles. The molecule has 0 bridgehead atoms. The molecule has 4 rings (SSSR count). The zero-order chi connectivity index (χ0) is 22.1. The van der Waals surface area contributed by atoms with E-state index in [1.807, 2.05) is 34.7 Å². The molecule has 162 valence electrons. The lowest BCUT2D eigenvalue weighted by atomic mass is 10.2. The van der Waals surface area contributed by atoms with Gasteiger partial charge in [0, 0.05) is 38.4 Å². The van der Waals surface area contributed by atoms with Gasteiger partial charge < -0.3 is 19.7 Å². The summed E-state index contributed by atoms with van der Waals surface area (Å²) < 4.78 is 15.6. The van der Waals surface area contributed by atoms with E-state index in [9.17, 15) is 14.0 Å². The van der Waals surface area contributed by atoms with E-state index in [1.54, 1.807) is 26.1 Å². The lowest BCUT2D eigenvalue weighted by Crippen LogP contribution is -2.31. The van der Waals surface area contributed by atoms with Gasteiger partial charge in [-0.2, -0.15) is 0 Å². The molecule has 1 aromatic heterocycles. The summed E-state index contributed by atoms with van der Waals surface area (Å²) in [5, 5.41) is 2.70. The Hall–Kier alpha value is -3.42. The number of halogens is 1. The zero-order valence-corrected chi connectivity index (χ0v) is 18.0. The molecule has 3 aromatic rings. The summed E-state index contributed by atoms with van der Waals surface area (Å²) in [6, 6.07) is 9.76. The molecular weight excluding hydrogens is 397 g/mol. The molecule has 31 heavy (non-hydrogen) atoms. The largest absolute Gasteiger partial charge is 0.339 e. The molecule has 0 aliphatic carbocycles. The Morgan fingerprint density at radius 2 is 1.90 bits per heavy atom. The minimum Gasteiger partial charge on any atom is -0.339 e. The fourth-order valence-corrected chi connectivity index (χ4v) is 3.80. The lowest BCUT2D eigenvalue weighted by molar-refractivity contribution is 0.0793. The Bertz CT molecular complexity index is 1150. The van der Waals surface area contributed by atoms with Crippen molar-refractivity contribution in [2.45, 2.75) is 26.3 Å². The number of benzene rings is 2. The Morgan fingerprint density at radius 3 is 2.61 bits per heavy atom. The lowest BCUT2D eigenvalue weighted by Gasteiger charge is -2.18. The summed E-state index contributed by atoms with van der Waals surface area (Å²) in [5.41, 5.74) is 3.16. The number of fused-ring (bicyclic) bond motifs is 1. The Kier molecular flexibility index (Phi) is 5.63. The topological polar surface area (TPSA) is 70.5 Å². The van der Waals surface area contributed by atoms with Gasteiger partial charge in [-0.25, -0.2) is 14.2 Å². The number of amides is 3. The van der Waals surface area contributed by atoms with Gasteiger partial charge in [-0.3, -0.25) is 4.79 Å². The van der Waals surface area contributed by atoms with Crippen LogP contribution in [0.4, 0.5) is 14.9 Å². The van der Waals surface area contributed by atoms with Crippen LogP contribution in [0, 0.1) is 12.7 Å². The molecule has 0 unspecified atom stereocenters. The van der Waals surface area contributed by atoms with Crippen molar-refractivity contribution < 1.29 is 14.0 Å². The van der Waals surface area contributed by atoms with Crippen molar-refractivity contribution in [3.05, 3.63) is 59.2 Å². The normalized spacial score (nSPS) is 13.6. The van der Waals surface area contributed by atoms with Crippen molar-refractivity contribution >= 4 is 28.7 Å². The third-order valence-corrected chi connectivity index (χ3v) is 5.76. The van der Waals surface area contributed by atoms with Crippen LogP contribution in [0.1, 0.15) is 34.6 Å². The van der Waals surface area contributed by atoms with Crippen LogP contribution < -0.4 is 5.32 Å². The van der Waals surface area contributed by atoms with Crippen molar-refractivity contribution in [3.63, 3.8) is 0 Å². The predicted octanol–water partition coefficient (Wildman–Crippen LogP) is 3.92. The van der Waals surface area contributed by atoms with Crippen molar-refractivity contribution in [2.24, 2.45) is 7.05 Å². The first-order valence-corrected chi connectivity index (χ1v) is 10.4. The number of imidazole rings is 1. The standard InChI is InChI=1S/C23H26FN5O2/c1-15-6-8-17(13-18(15)24)25-23(31)27(2)14-21-26-19-12-16(7-9-20(19)28(21)3)22(30)29-10-4-5-11-29/h6-9,12-13H,4-5,10-11,14H2,1-3H3,(H,25,31). The van der Waals surface area contributed by atoms with Gasteiger partial charge in [0.05, 0.1) is 17.6 Å². The van der Waals surface area contributed by atoms with Gasteiger partial charge in [0.2, 0.25) is 0 Å². The number of carbonyl (C=O) groups is 2. The number of rotatable bonds is 4. The third kappa shape index (κ3) is 4.23. The smallest absolute Gasteiger partial charge is 0.321 e. The number of likely N-dealkylation sites (tertiary alicyclic amines) is 1. The summed E-state index contributed by atoms with van der Waals surface area (Å²) >= 11 is 0. The van der Waals surface area contributed by atoms with Gasteiger partial charge in [0.1, 0.15) is 11.6 Å². The molecule has 1 aliphatic heterocycles. The molecule has 0 atom stereocenters. The van der Waals surface area contributed by atoms with Crippen LogP contribution in [0.2, 0.25) is 0 Å². The first kappa shape index (κ1) is 20.8. The average molecular weight is 423 g/mol. The van der Waals surface area contributed by atoms with E-state index in [0.717, 1.165) is 37.0 Å².